The van der Waals surface area contributed by atoms with E-state index in [1.165, 1.54) is 29.5 Å². The average molecular weight is 448 g/mol. The number of carbonyl (C=O) groups excluding carboxylic acids is 2. The molecule has 0 spiro atoms. The Bertz CT molecular complexity index is 1080. The van der Waals surface area contributed by atoms with Gasteiger partial charge in [-0.15, -0.1) is 11.3 Å². The van der Waals surface area contributed by atoms with Crippen LogP contribution in [-0.4, -0.2) is 36.1 Å². The van der Waals surface area contributed by atoms with Crippen LogP contribution in [0.5, 0.6) is 0 Å². The molecule has 3 rings (SSSR count). The fourth-order valence-corrected chi connectivity index (χ4v) is 3.37. The van der Waals surface area contributed by atoms with Crippen LogP contribution in [0.25, 0.3) is 11.3 Å². The van der Waals surface area contributed by atoms with E-state index in [1.54, 1.807) is 24.3 Å². The summed E-state index contributed by atoms with van der Waals surface area (Å²) in [7, 11) is 0. The van der Waals surface area contributed by atoms with Crippen LogP contribution >= 0.6 is 11.3 Å². The number of benzene rings is 2. The number of aryl methyl sites for hydroxylation is 1. The van der Waals surface area contributed by atoms with Crippen LogP contribution in [0.4, 0.5) is 24.5 Å². The molecule has 0 aliphatic carbocycles. The van der Waals surface area contributed by atoms with Gasteiger partial charge in [0.05, 0.1) is 22.8 Å². The van der Waals surface area contributed by atoms with E-state index >= 15 is 0 Å². The van der Waals surface area contributed by atoms with Gasteiger partial charge in [0.25, 0.3) is 5.91 Å². The standard InChI is InChI=1S/C21H19F3N4O2S/c1-13-27-18(11-31-13)14-5-4-6-15(9-14)28-19(29)10-25-17-8-3-2-7-16(17)20(30)26-12-21(22,23)24/h2-9,11,25H,10,12H2,1H3,(H,26,30)(H,28,29). The number of halogens is 3. The summed E-state index contributed by atoms with van der Waals surface area (Å²) in [4.78, 5) is 28.8. The third kappa shape index (κ3) is 6.54. The van der Waals surface area contributed by atoms with Crippen LogP contribution in [0.3, 0.4) is 0 Å². The molecule has 0 radical (unpaired) electrons. The number of anilines is 2. The molecular formula is C21H19F3N4O2S. The molecule has 0 saturated carbocycles. The fourth-order valence-electron chi connectivity index (χ4n) is 2.74. The Hall–Kier alpha value is -3.40. The first-order valence-electron chi connectivity index (χ1n) is 9.21. The molecule has 2 aromatic carbocycles. The number of thiazole rings is 1. The molecule has 31 heavy (non-hydrogen) atoms. The van der Waals surface area contributed by atoms with Gasteiger partial charge in [0.15, 0.2) is 0 Å². The lowest BCUT2D eigenvalue weighted by Crippen LogP contribution is -2.34. The van der Waals surface area contributed by atoms with E-state index in [0.29, 0.717) is 5.69 Å². The maximum absolute atomic E-state index is 12.3. The Balaban J connectivity index is 1.61. The van der Waals surface area contributed by atoms with Crippen LogP contribution in [0.15, 0.2) is 53.9 Å². The van der Waals surface area contributed by atoms with Crippen molar-refractivity contribution in [1.29, 1.82) is 0 Å². The Morgan fingerprint density at radius 2 is 1.87 bits per heavy atom. The molecule has 2 amide bonds. The van der Waals surface area contributed by atoms with Crippen LogP contribution in [0.1, 0.15) is 15.4 Å². The van der Waals surface area contributed by atoms with Crippen LogP contribution in [0.2, 0.25) is 0 Å². The third-order valence-electron chi connectivity index (χ3n) is 4.12. The van der Waals surface area contributed by atoms with Crippen molar-refractivity contribution in [2.24, 2.45) is 0 Å². The second-order valence-electron chi connectivity index (χ2n) is 6.58. The number of para-hydroxylation sites is 1. The van der Waals surface area contributed by atoms with Crippen LogP contribution < -0.4 is 16.0 Å². The van der Waals surface area contributed by atoms with Crippen molar-refractivity contribution in [2.75, 3.05) is 23.7 Å². The van der Waals surface area contributed by atoms with Gasteiger partial charge in [0.1, 0.15) is 6.54 Å². The topological polar surface area (TPSA) is 83.1 Å². The fraction of sp³-hybridized carbons (Fsp3) is 0.190. The Labute approximate surface area is 180 Å². The predicted octanol–water partition coefficient (Wildman–Crippen LogP) is 4.46. The molecule has 3 aromatic rings. The molecule has 0 saturated heterocycles. The summed E-state index contributed by atoms with van der Waals surface area (Å²) in [5.74, 6) is -1.26. The Morgan fingerprint density at radius 3 is 2.58 bits per heavy atom. The van der Waals surface area contributed by atoms with Gasteiger partial charge in [-0.2, -0.15) is 13.2 Å². The highest BCUT2D eigenvalue weighted by molar-refractivity contribution is 7.09. The molecule has 1 heterocycles. The molecule has 0 fully saturated rings. The Morgan fingerprint density at radius 1 is 1.10 bits per heavy atom. The molecule has 162 valence electrons. The molecule has 6 nitrogen and oxygen atoms in total. The van der Waals surface area contributed by atoms with E-state index in [4.69, 9.17) is 0 Å². The summed E-state index contributed by atoms with van der Waals surface area (Å²) in [6.07, 6.45) is -4.51. The maximum Gasteiger partial charge on any atom is 0.405 e. The summed E-state index contributed by atoms with van der Waals surface area (Å²) in [6.45, 7) is 0.297. The van der Waals surface area contributed by atoms with Gasteiger partial charge >= 0.3 is 6.18 Å². The minimum atomic E-state index is -4.51. The molecule has 1 aromatic heterocycles. The van der Waals surface area contributed by atoms with Crippen molar-refractivity contribution in [2.45, 2.75) is 13.1 Å². The molecule has 0 aliphatic rings. The van der Waals surface area contributed by atoms with Gasteiger partial charge in [-0.25, -0.2) is 4.98 Å². The van der Waals surface area contributed by atoms with Crippen molar-refractivity contribution >= 4 is 34.5 Å². The highest BCUT2D eigenvalue weighted by Crippen LogP contribution is 2.24. The number of carbonyl (C=O) groups is 2. The second-order valence-corrected chi connectivity index (χ2v) is 7.64. The lowest BCUT2D eigenvalue weighted by atomic mass is 10.1. The monoisotopic (exact) mass is 448 g/mol. The smallest absolute Gasteiger partial charge is 0.376 e. The minimum absolute atomic E-state index is 0.0143. The van der Waals surface area contributed by atoms with Gasteiger partial charge in [-0.1, -0.05) is 24.3 Å². The first-order chi connectivity index (χ1) is 14.7. The van der Waals surface area contributed by atoms with Gasteiger partial charge in [-0.3, -0.25) is 9.59 Å². The van der Waals surface area contributed by atoms with Crippen molar-refractivity contribution < 1.29 is 22.8 Å². The third-order valence-corrected chi connectivity index (χ3v) is 4.90. The minimum Gasteiger partial charge on any atom is -0.376 e. The number of alkyl halides is 3. The van der Waals surface area contributed by atoms with Crippen molar-refractivity contribution in [1.82, 2.24) is 10.3 Å². The van der Waals surface area contributed by atoms with Crippen molar-refractivity contribution in [3.8, 4) is 11.3 Å². The summed E-state index contributed by atoms with van der Waals surface area (Å²) in [5.41, 5.74) is 2.52. The van der Waals surface area contributed by atoms with Gasteiger partial charge in [0, 0.05) is 22.3 Å². The predicted molar refractivity (Wildman–Crippen MR) is 114 cm³/mol. The van der Waals surface area contributed by atoms with E-state index in [2.05, 4.69) is 15.6 Å². The number of nitrogens with zero attached hydrogens (tertiary/aromatic N) is 1. The number of amides is 2. The lowest BCUT2D eigenvalue weighted by molar-refractivity contribution is -0.123. The van der Waals surface area contributed by atoms with Gasteiger partial charge < -0.3 is 16.0 Å². The number of hydrogen-bond acceptors (Lipinski definition) is 5. The number of hydrogen-bond donors (Lipinski definition) is 3. The molecule has 0 atom stereocenters. The largest absolute Gasteiger partial charge is 0.405 e. The Kier molecular flexibility index (Phi) is 6.91. The van der Waals surface area contributed by atoms with E-state index in [9.17, 15) is 22.8 Å². The molecule has 0 bridgehead atoms. The van der Waals surface area contributed by atoms with Gasteiger partial charge in [0.2, 0.25) is 5.91 Å². The van der Waals surface area contributed by atoms with Crippen LogP contribution in [0, 0.1) is 6.92 Å². The number of aromatic nitrogens is 1. The highest BCUT2D eigenvalue weighted by atomic mass is 32.1. The first kappa shape index (κ1) is 22.3. The second kappa shape index (κ2) is 9.61. The number of rotatable bonds is 7. The number of nitrogens with one attached hydrogen (secondary N) is 3. The lowest BCUT2D eigenvalue weighted by Gasteiger charge is -2.13. The van der Waals surface area contributed by atoms with Gasteiger partial charge in [-0.05, 0) is 31.2 Å². The quantitative estimate of drug-likeness (QED) is 0.498. The molecule has 0 unspecified atom stereocenters. The normalized spacial score (nSPS) is 11.1. The summed E-state index contributed by atoms with van der Waals surface area (Å²) in [6, 6.07) is 13.3. The summed E-state index contributed by atoms with van der Waals surface area (Å²) < 4.78 is 37.0. The van der Waals surface area contributed by atoms with Crippen LogP contribution in [-0.2, 0) is 4.79 Å². The highest BCUT2D eigenvalue weighted by Gasteiger charge is 2.28. The summed E-state index contributed by atoms with van der Waals surface area (Å²) >= 11 is 1.53. The average Bonchev–Trinajstić information content (AvgIpc) is 3.17. The zero-order valence-corrected chi connectivity index (χ0v) is 17.2. The SMILES string of the molecule is Cc1nc(-c2cccc(NC(=O)CNc3ccccc3C(=O)NCC(F)(F)F)c2)cs1. The zero-order valence-electron chi connectivity index (χ0n) is 16.4. The van der Waals surface area contributed by atoms with E-state index < -0.39 is 18.6 Å². The van der Waals surface area contributed by atoms with E-state index in [-0.39, 0.29) is 23.7 Å². The molecule has 10 heteroatoms. The van der Waals surface area contributed by atoms with E-state index in [1.807, 2.05) is 23.7 Å². The first-order valence-corrected chi connectivity index (χ1v) is 10.1. The van der Waals surface area contributed by atoms with Crippen molar-refractivity contribution in [3.63, 3.8) is 0 Å². The van der Waals surface area contributed by atoms with Crippen molar-refractivity contribution in [3.05, 3.63) is 64.5 Å². The molecule has 3 N–H and O–H groups in total. The van der Waals surface area contributed by atoms with E-state index in [0.717, 1.165) is 16.3 Å². The molecule has 0 aliphatic heterocycles. The maximum atomic E-state index is 12.3. The molecular weight excluding hydrogens is 429 g/mol. The zero-order chi connectivity index (χ0) is 22.4. The summed E-state index contributed by atoms with van der Waals surface area (Å²) in [5, 5.41) is 10.2.